The Bertz CT molecular complexity index is 388. The normalized spacial score (nSPS) is 22.1. The Morgan fingerprint density at radius 3 is 3.05 bits per heavy atom. The number of aryl methyl sites for hydroxylation is 1. The van der Waals surface area contributed by atoms with Crippen LogP contribution in [0, 0.1) is 5.92 Å². The van der Waals surface area contributed by atoms with E-state index >= 15 is 0 Å². The van der Waals surface area contributed by atoms with Gasteiger partial charge in [-0.2, -0.15) is 5.10 Å². The summed E-state index contributed by atoms with van der Waals surface area (Å²) in [5, 5.41) is 7.91. The molecule has 0 aromatic carbocycles. The second-order valence-corrected chi connectivity index (χ2v) is 6.14. The van der Waals surface area contributed by atoms with E-state index in [9.17, 15) is 0 Å². The van der Waals surface area contributed by atoms with Crippen molar-refractivity contribution in [3.63, 3.8) is 0 Å². The maximum atomic E-state index is 4.25. The van der Waals surface area contributed by atoms with Gasteiger partial charge in [0.05, 0.1) is 0 Å². The summed E-state index contributed by atoms with van der Waals surface area (Å²) in [6.45, 7) is 9.40. The van der Waals surface area contributed by atoms with E-state index in [4.69, 9.17) is 0 Å². The molecule has 1 fully saturated rings. The van der Waals surface area contributed by atoms with E-state index in [0.29, 0.717) is 6.04 Å². The molecule has 0 saturated carbocycles. The standard InChI is InChI=1S/C16H30N4/c1-4-9-17-14(2)15-6-5-11-20(13-15)12-8-16-7-10-18-19(16)3/h7,10,14-15,17H,4-6,8-9,11-13H2,1-3H3. The van der Waals surface area contributed by atoms with Gasteiger partial charge in [0, 0.05) is 44.5 Å². The Morgan fingerprint density at radius 1 is 1.50 bits per heavy atom. The summed E-state index contributed by atoms with van der Waals surface area (Å²) >= 11 is 0. The van der Waals surface area contributed by atoms with Crippen molar-refractivity contribution in [1.82, 2.24) is 20.0 Å². The average Bonchev–Trinajstić information content (AvgIpc) is 2.88. The lowest BCUT2D eigenvalue weighted by Crippen LogP contribution is -2.45. The first kappa shape index (κ1) is 15.5. The van der Waals surface area contributed by atoms with Crippen LogP contribution in [0.1, 0.15) is 38.8 Å². The zero-order chi connectivity index (χ0) is 14.4. The summed E-state index contributed by atoms with van der Waals surface area (Å²) in [5.41, 5.74) is 1.34. The molecule has 4 nitrogen and oxygen atoms in total. The van der Waals surface area contributed by atoms with Crippen LogP contribution in [-0.4, -0.2) is 46.9 Å². The second-order valence-electron chi connectivity index (χ2n) is 6.14. The predicted molar refractivity (Wildman–Crippen MR) is 83.8 cm³/mol. The van der Waals surface area contributed by atoms with E-state index in [0.717, 1.165) is 25.4 Å². The molecule has 0 radical (unpaired) electrons. The van der Waals surface area contributed by atoms with Gasteiger partial charge in [0.25, 0.3) is 0 Å². The van der Waals surface area contributed by atoms with Crippen LogP contribution in [0.3, 0.4) is 0 Å². The highest BCUT2D eigenvalue weighted by molar-refractivity contribution is 5.00. The first-order chi connectivity index (χ1) is 9.70. The Kier molecular flexibility index (Phi) is 6.05. The second kappa shape index (κ2) is 7.79. The van der Waals surface area contributed by atoms with Gasteiger partial charge in [-0.25, -0.2) is 0 Å². The molecule has 2 atom stereocenters. The number of likely N-dealkylation sites (tertiary alicyclic amines) is 1. The summed E-state index contributed by atoms with van der Waals surface area (Å²) in [4.78, 5) is 2.63. The van der Waals surface area contributed by atoms with Crippen molar-refractivity contribution >= 4 is 0 Å². The monoisotopic (exact) mass is 278 g/mol. The molecular formula is C16H30N4. The number of rotatable bonds is 7. The highest BCUT2D eigenvalue weighted by Gasteiger charge is 2.24. The van der Waals surface area contributed by atoms with Crippen molar-refractivity contribution in [2.75, 3.05) is 26.2 Å². The lowest BCUT2D eigenvalue weighted by molar-refractivity contribution is 0.152. The zero-order valence-corrected chi connectivity index (χ0v) is 13.3. The average molecular weight is 278 g/mol. The highest BCUT2D eigenvalue weighted by Crippen LogP contribution is 2.20. The van der Waals surface area contributed by atoms with E-state index in [1.54, 1.807) is 0 Å². The molecule has 114 valence electrons. The van der Waals surface area contributed by atoms with Gasteiger partial charge in [-0.05, 0) is 51.3 Å². The minimum atomic E-state index is 0.648. The Hall–Kier alpha value is -0.870. The summed E-state index contributed by atoms with van der Waals surface area (Å²) in [6, 6.07) is 2.78. The number of nitrogens with zero attached hydrogens (tertiary/aromatic N) is 3. The van der Waals surface area contributed by atoms with Crippen LogP contribution in [-0.2, 0) is 13.5 Å². The Balaban J connectivity index is 1.77. The molecular weight excluding hydrogens is 248 g/mol. The zero-order valence-electron chi connectivity index (χ0n) is 13.3. The fourth-order valence-corrected chi connectivity index (χ4v) is 3.16. The summed E-state index contributed by atoms with van der Waals surface area (Å²) < 4.78 is 1.99. The smallest absolute Gasteiger partial charge is 0.0492 e. The van der Waals surface area contributed by atoms with Crippen LogP contribution in [0.2, 0.25) is 0 Å². The van der Waals surface area contributed by atoms with Gasteiger partial charge in [-0.1, -0.05) is 6.92 Å². The van der Waals surface area contributed by atoms with Crippen molar-refractivity contribution in [1.29, 1.82) is 0 Å². The molecule has 1 N–H and O–H groups in total. The molecule has 1 aliphatic rings. The van der Waals surface area contributed by atoms with Crippen molar-refractivity contribution in [3.8, 4) is 0 Å². The molecule has 0 aliphatic carbocycles. The van der Waals surface area contributed by atoms with Crippen LogP contribution < -0.4 is 5.32 Å². The van der Waals surface area contributed by atoms with Gasteiger partial charge in [-0.15, -0.1) is 0 Å². The van der Waals surface area contributed by atoms with Crippen molar-refractivity contribution in [2.45, 2.75) is 45.6 Å². The largest absolute Gasteiger partial charge is 0.314 e. The van der Waals surface area contributed by atoms with E-state index in [1.807, 2.05) is 17.9 Å². The fourth-order valence-electron chi connectivity index (χ4n) is 3.16. The first-order valence-electron chi connectivity index (χ1n) is 8.13. The minimum Gasteiger partial charge on any atom is -0.314 e. The maximum absolute atomic E-state index is 4.25. The van der Waals surface area contributed by atoms with Gasteiger partial charge in [0.15, 0.2) is 0 Å². The van der Waals surface area contributed by atoms with Gasteiger partial charge in [-0.3, -0.25) is 4.68 Å². The molecule has 0 bridgehead atoms. The molecule has 2 heterocycles. The van der Waals surface area contributed by atoms with Crippen molar-refractivity contribution < 1.29 is 0 Å². The SMILES string of the molecule is CCCNC(C)C1CCCN(CCc2ccnn2C)C1. The van der Waals surface area contributed by atoms with Crippen LogP contribution in [0.15, 0.2) is 12.3 Å². The molecule has 1 saturated heterocycles. The lowest BCUT2D eigenvalue weighted by atomic mass is 9.91. The van der Waals surface area contributed by atoms with E-state index in [2.05, 4.69) is 35.2 Å². The van der Waals surface area contributed by atoms with Crippen LogP contribution in [0.4, 0.5) is 0 Å². The fraction of sp³-hybridized carbons (Fsp3) is 0.812. The van der Waals surface area contributed by atoms with Gasteiger partial charge in [0.2, 0.25) is 0 Å². The van der Waals surface area contributed by atoms with Crippen LogP contribution >= 0.6 is 0 Å². The van der Waals surface area contributed by atoms with Crippen LogP contribution in [0.5, 0.6) is 0 Å². The molecule has 2 rings (SSSR count). The van der Waals surface area contributed by atoms with E-state index < -0.39 is 0 Å². The van der Waals surface area contributed by atoms with E-state index in [-0.39, 0.29) is 0 Å². The number of piperidine rings is 1. The number of hydrogen-bond acceptors (Lipinski definition) is 3. The van der Waals surface area contributed by atoms with Crippen molar-refractivity contribution in [2.24, 2.45) is 13.0 Å². The Labute approximate surface area is 123 Å². The molecule has 1 aromatic rings. The first-order valence-corrected chi connectivity index (χ1v) is 8.13. The molecule has 2 unspecified atom stereocenters. The third-order valence-corrected chi connectivity index (χ3v) is 4.57. The van der Waals surface area contributed by atoms with Crippen LogP contribution in [0.25, 0.3) is 0 Å². The molecule has 1 aromatic heterocycles. The summed E-state index contributed by atoms with van der Waals surface area (Å²) in [5.74, 6) is 0.807. The molecule has 1 aliphatic heterocycles. The van der Waals surface area contributed by atoms with Crippen molar-refractivity contribution in [3.05, 3.63) is 18.0 Å². The number of nitrogens with one attached hydrogen (secondary N) is 1. The molecule has 4 heteroatoms. The minimum absolute atomic E-state index is 0.648. The van der Waals surface area contributed by atoms with Gasteiger partial charge in [0.1, 0.15) is 0 Å². The molecule has 20 heavy (non-hydrogen) atoms. The number of hydrogen-bond donors (Lipinski definition) is 1. The summed E-state index contributed by atoms with van der Waals surface area (Å²) in [6.07, 6.45) is 6.95. The highest BCUT2D eigenvalue weighted by atomic mass is 15.3. The third-order valence-electron chi connectivity index (χ3n) is 4.57. The lowest BCUT2D eigenvalue weighted by Gasteiger charge is -2.36. The number of aromatic nitrogens is 2. The topological polar surface area (TPSA) is 33.1 Å². The Morgan fingerprint density at radius 2 is 2.35 bits per heavy atom. The molecule has 0 spiro atoms. The maximum Gasteiger partial charge on any atom is 0.0492 e. The van der Waals surface area contributed by atoms with Gasteiger partial charge >= 0.3 is 0 Å². The van der Waals surface area contributed by atoms with E-state index in [1.165, 1.54) is 38.0 Å². The quantitative estimate of drug-likeness (QED) is 0.829. The summed E-state index contributed by atoms with van der Waals surface area (Å²) in [7, 11) is 2.03. The third kappa shape index (κ3) is 4.32. The molecule has 0 amide bonds. The predicted octanol–water partition coefficient (Wildman–Crippen LogP) is 2.06. The van der Waals surface area contributed by atoms with Gasteiger partial charge < -0.3 is 10.2 Å².